The SMILES string of the molecule is CNC(=O)c1ccc2c(c1)ncn2-c1ccc(C(=O)NC[C@H]2CCc3nn4c(C)ccc(O)c4c3C2)c(Cl)c1. The van der Waals surface area contributed by atoms with Crippen molar-refractivity contribution in [3.05, 3.63) is 88.0 Å². The third kappa shape index (κ3) is 4.38. The molecule has 198 valence electrons. The first kappa shape index (κ1) is 24.9. The number of benzene rings is 2. The Morgan fingerprint density at radius 3 is 2.77 bits per heavy atom. The molecule has 0 bridgehead atoms. The second-order valence-electron chi connectivity index (χ2n) is 9.93. The zero-order valence-electron chi connectivity index (χ0n) is 21.5. The molecule has 0 aliphatic heterocycles. The third-order valence-corrected chi connectivity index (χ3v) is 7.78. The minimum absolute atomic E-state index is 0.176. The van der Waals surface area contributed by atoms with Crippen LogP contribution in [0.2, 0.25) is 5.02 Å². The first-order chi connectivity index (χ1) is 18.8. The summed E-state index contributed by atoms with van der Waals surface area (Å²) >= 11 is 6.56. The van der Waals surface area contributed by atoms with Crippen molar-refractivity contribution in [2.45, 2.75) is 26.2 Å². The number of imidazole rings is 1. The smallest absolute Gasteiger partial charge is 0.252 e. The molecule has 6 rings (SSSR count). The maximum absolute atomic E-state index is 13.0. The number of halogens is 1. The minimum Gasteiger partial charge on any atom is -0.506 e. The van der Waals surface area contributed by atoms with E-state index in [1.807, 2.05) is 34.2 Å². The highest BCUT2D eigenvalue weighted by molar-refractivity contribution is 6.34. The molecule has 0 saturated carbocycles. The Kier molecular flexibility index (Phi) is 6.23. The number of rotatable bonds is 5. The Morgan fingerprint density at radius 1 is 1.13 bits per heavy atom. The lowest BCUT2D eigenvalue weighted by Gasteiger charge is -2.22. The van der Waals surface area contributed by atoms with Crippen LogP contribution in [0.3, 0.4) is 0 Å². The van der Waals surface area contributed by atoms with Gasteiger partial charge in [-0.15, -0.1) is 0 Å². The molecule has 1 atom stereocenters. The average Bonchev–Trinajstić information content (AvgIpc) is 3.55. The molecule has 3 heterocycles. The standard InChI is InChI=1S/C29H27ClN6O3/c1-16-3-10-26(37)27-21-11-17(4-8-23(21)34-36(16)27)14-32-29(39)20-7-6-19(13-22(20)30)35-15-33-24-12-18(28(38)31-2)5-9-25(24)35/h3,5-7,9-10,12-13,15,17,37H,4,8,11,14H2,1-2H3,(H,31,38)(H,32,39)/t17-/m0/s1. The minimum atomic E-state index is -0.235. The van der Waals surface area contributed by atoms with Crippen LogP contribution >= 0.6 is 11.6 Å². The van der Waals surface area contributed by atoms with Crippen LogP contribution in [-0.2, 0) is 12.8 Å². The normalized spacial score (nSPS) is 14.9. The fourth-order valence-electron chi connectivity index (χ4n) is 5.36. The van der Waals surface area contributed by atoms with Crippen molar-refractivity contribution in [3.8, 4) is 11.4 Å². The van der Waals surface area contributed by atoms with Gasteiger partial charge in [0.05, 0.1) is 27.3 Å². The van der Waals surface area contributed by atoms with E-state index in [0.29, 0.717) is 28.2 Å². The highest BCUT2D eigenvalue weighted by Gasteiger charge is 2.26. The van der Waals surface area contributed by atoms with Crippen LogP contribution in [0.15, 0.2) is 54.9 Å². The topological polar surface area (TPSA) is 114 Å². The van der Waals surface area contributed by atoms with Crippen molar-refractivity contribution < 1.29 is 14.7 Å². The molecule has 0 unspecified atom stereocenters. The summed E-state index contributed by atoms with van der Waals surface area (Å²) in [5.74, 6) is 0.0416. The first-order valence-corrected chi connectivity index (χ1v) is 13.2. The van der Waals surface area contributed by atoms with Gasteiger partial charge in [0.15, 0.2) is 0 Å². The maximum Gasteiger partial charge on any atom is 0.252 e. The summed E-state index contributed by atoms with van der Waals surface area (Å²) in [6.45, 7) is 2.47. The molecule has 0 fully saturated rings. The number of nitrogens with one attached hydrogen (secondary N) is 2. The molecule has 2 amide bonds. The molecule has 3 aromatic heterocycles. The van der Waals surface area contributed by atoms with Gasteiger partial charge in [0, 0.05) is 36.1 Å². The number of hydrogen-bond acceptors (Lipinski definition) is 5. The van der Waals surface area contributed by atoms with E-state index in [-0.39, 0.29) is 23.5 Å². The number of fused-ring (bicyclic) bond motifs is 4. The largest absolute Gasteiger partial charge is 0.506 e. The zero-order valence-corrected chi connectivity index (χ0v) is 22.3. The second kappa shape index (κ2) is 9.74. The number of carbonyl (C=O) groups excluding carboxylic acids is 2. The van der Waals surface area contributed by atoms with Gasteiger partial charge >= 0.3 is 0 Å². The molecule has 5 aromatic rings. The fraction of sp³-hybridized carbons (Fsp3) is 0.241. The summed E-state index contributed by atoms with van der Waals surface area (Å²) in [5.41, 5.74) is 6.98. The van der Waals surface area contributed by atoms with Crippen molar-refractivity contribution >= 4 is 40.0 Å². The summed E-state index contributed by atoms with van der Waals surface area (Å²) in [6, 6.07) is 14.1. The molecule has 1 aliphatic carbocycles. The van der Waals surface area contributed by atoms with Gasteiger partial charge in [-0.2, -0.15) is 5.10 Å². The van der Waals surface area contributed by atoms with Gasteiger partial charge in [-0.1, -0.05) is 11.6 Å². The van der Waals surface area contributed by atoms with Gasteiger partial charge < -0.3 is 15.7 Å². The predicted molar refractivity (Wildman–Crippen MR) is 149 cm³/mol. The van der Waals surface area contributed by atoms with Crippen LogP contribution in [0, 0.1) is 12.8 Å². The number of aromatic hydroxyl groups is 1. The van der Waals surface area contributed by atoms with Crippen LogP contribution in [0.5, 0.6) is 5.75 Å². The van der Waals surface area contributed by atoms with Crippen LogP contribution in [0.4, 0.5) is 0 Å². The highest BCUT2D eigenvalue weighted by Crippen LogP contribution is 2.33. The summed E-state index contributed by atoms with van der Waals surface area (Å²) < 4.78 is 3.68. The van der Waals surface area contributed by atoms with Crippen LogP contribution < -0.4 is 10.6 Å². The molecule has 0 radical (unpaired) electrons. The molecule has 39 heavy (non-hydrogen) atoms. The van der Waals surface area contributed by atoms with E-state index in [0.717, 1.165) is 52.9 Å². The maximum atomic E-state index is 13.0. The molecule has 2 aromatic carbocycles. The Bertz CT molecular complexity index is 1770. The number of aromatic nitrogens is 4. The monoisotopic (exact) mass is 542 g/mol. The molecular weight excluding hydrogens is 516 g/mol. The number of hydrogen-bond donors (Lipinski definition) is 3. The lowest BCUT2D eigenvalue weighted by Crippen LogP contribution is -2.32. The van der Waals surface area contributed by atoms with Crippen molar-refractivity contribution in [1.82, 2.24) is 29.8 Å². The molecular formula is C29H27ClN6O3. The summed E-state index contributed by atoms with van der Waals surface area (Å²) in [7, 11) is 1.59. The van der Waals surface area contributed by atoms with E-state index < -0.39 is 0 Å². The van der Waals surface area contributed by atoms with Crippen molar-refractivity contribution in [3.63, 3.8) is 0 Å². The summed E-state index contributed by atoms with van der Waals surface area (Å²) in [6.07, 6.45) is 4.10. The van der Waals surface area contributed by atoms with Crippen LogP contribution in [0.25, 0.3) is 22.2 Å². The molecule has 10 heteroatoms. The Balaban J connectivity index is 1.16. The zero-order chi connectivity index (χ0) is 27.3. The summed E-state index contributed by atoms with van der Waals surface area (Å²) in [4.78, 5) is 29.4. The van der Waals surface area contributed by atoms with Gasteiger partial charge in [-0.25, -0.2) is 9.50 Å². The van der Waals surface area contributed by atoms with Gasteiger partial charge in [0.1, 0.15) is 17.6 Å². The van der Waals surface area contributed by atoms with E-state index in [4.69, 9.17) is 16.7 Å². The molecule has 9 nitrogen and oxygen atoms in total. The van der Waals surface area contributed by atoms with Gasteiger partial charge in [-0.3, -0.25) is 14.2 Å². The molecule has 0 spiro atoms. The number of carbonyl (C=O) groups is 2. The third-order valence-electron chi connectivity index (χ3n) is 7.47. The van der Waals surface area contributed by atoms with E-state index in [1.165, 1.54) is 0 Å². The lowest BCUT2D eigenvalue weighted by molar-refractivity contribution is 0.0943. The van der Waals surface area contributed by atoms with E-state index in [1.54, 1.807) is 43.7 Å². The molecule has 0 saturated heterocycles. The van der Waals surface area contributed by atoms with Gasteiger partial charge in [0.2, 0.25) is 0 Å². The van der Waals surface area contributed by atoms with Gasteiger partial charge in [0.25, 0.3) is 11.8 Å². The predicted octanol–water partition coefficient (Wildman–Crippen LogP) is 4.24. The Hall–Kier alpha value is -4.37. The number of aryl methyl sites for hydroxylation is 2. The fourth-order valence-corrected chi connectivity index (χ4v) is 5.62. The van der Waals surface area contributed by atoms with E-state index in [2.05, 4.69) is 15.6 Å². The van der Waals surface area contributed by atoms with Crippen LogP contribution in [-0.4, -0.2) is 49.7 Å². The molecule has 3 N–H and O–H groups in total. The quantitative estimate of drug-likeness (QED) is 0.307. The van der Waals surface area contributed by atoms with Crippen LogP contribution in [0.1, 0.15) is 44.1 Å². The molecule has 1 aliphatic rings. The second-order valence-corrected chi connectivity index (χ2v) is 10.3. The summed E-state index contributed by atoms with van der Waals surface area (Å²) in [5, 5.41) is 21.1. The average molecular weight is 543 g/mol. The van der Waals surface area contributed by atoms with Gasteiger partial charge in [-0.05, 0) is 80.6 Å². The van der Waals surface area contributed by atoms with Crippen molar-refractivity contribution in [2.75, 3.05) is 13.6 Å². The Labute approximate surface area is 229 Å². The van der Waals surface area contributed by atoms with Crippen molar-refractivity contribution in [2.24, 2.45) is 5.92 Å². The Morgan fingerprint density at radius 2 is 1.97 bits per heavy atom. The number of nitrogens with zero attached hydrogens (tertiary/aromatic N) is 4. The lowest BCUT2D eigenvalue weighted by atomic mass is 9.86. The van der Waals surface area contributed by atoms with E-state index >= 15 is 0 Å². The highest BCUT2D eigenvalue weighted by atomic mass is 35.5. The number of pyridine rings is 1. The van der Waals surface area contributed by atoms with E-state index in [9.17, 15) is 14.7 Å². The van der Waals surface area contributed by atoms with Crippen molar-refractivity contribution in [1.29, 1.82) is 0 Å². The first-order valence-electron chi connectivity index (χ1n) is 12.8. The number of amides is 2.